The Hall–Kier alpha value is -4.04. The highest BCUT2D eigenvalue weighted by molar-refractivity contribution is 7.71. The minimum absolute atomic E-state index is 0.0992. The first-order chi connectivity index (χ1) is 16.0. The van der Waals surface area contributed by atoms with Gasteiger partial charge in [0.25, 0.3) is 5.56 Å². The Balaban J connectivity index is 1.94. The van der Waals surface area contributed by atoms with Crippen molar-refractivity contribution in [3.05, 3.63) is 99.6 Å². The van der Waals surface area contributed by atoms with Crippen LogP contribution in [0.3, 0.4) is 0 Å². The molecule has 8 heteroatoms. The fourth-order valence-corrected chi connectivity index (χ4v) is 3.67. The Morgan fingerprint density at radius 1 is 0.879 bits per heavy atom. The average Bonchev–Trinajstić information content (AvgIpc) is 2.82. The van der Waals surface area contributed by atoms with Crippen LogP contribution < -0.4 is 10.3 Å². The molecule has 4 rings (SSSR count). The Morgan fingerprint density at radius 3 is 2.15 bits per heavy atom. The van der Waals surface area contributed by atoms with E-state index in [1.54, 1.807) is 60.7 Å². The van der Waals surface area contributed by atoms with Gasteiger partial charge in [0.05, 0.1) is 23.7 Å². The van der Waals surface area contributed by atoms with Crippen molar-refractivity contribution in [1.82, 2.24) is 9.13 Å². The summed E-state index contributed by atoms with van der Waals surface area (Å²) in [6, 6.07) is 23.4. The van der Waals surface area contributed by atoms with Crippen LogP contribution in [0.25, 0.3) is 11.4 Å². The number of azo groups is 1. The minimum Gasteiger partial charge on any atom is -0.494 e. The number of hydrogen-bond donors (Lipinski definition) is 1. The summed E-state index contributed by atoms with van der Waals surface area (Å²) in [6.45, 7) is 4.40. The van der Waals surface area contributed by atoms with Crippen molar-refractivity contribution >= 4 is 23.6 Å². The molecular weight excluding hydrogens is 436 g/mol. The van der Waals surface area contributed by atoms with E-state index in [2.05, 4.69) is 10.2 Å². The second kappa shape index (κ2) is 9.62. The predicted octanol–water partition coefficient (Wildman–Crippen LogP) is 6.19. The van der Waals surface area contributed by atoms with E-state index in [9.17, 15) is 9.90 Å². The summed E-state index contributed by atoms with van der Waals surface area (Å²) in [4.78, 5) is 13.4. The lowest BCUT2D eigenvalue weighted by Crippen LogP contribution is -2.23. The summed E-state index contributed by atoms with van der Waals surface area (Å²) in [7, 11) is 0. The van der Waals surface area contributed by atoms with E-state index in [1.165, 1.54) is 9.13 Å². The third kappa shape index (κ3) is 4.61. The first-order valence-electron chi connectivity index (χ1n) is 10.4. The van der Waals surface area contributed by atoms with Crippen molar-refractivity contribution in [2.24, 2.45) is 10.2 Å². The van der Waals surface area contributed by atoms with E-state index < -0.39 is 11.4 Å². The summed E-state index contributed by atoms with van der Waals surface area (Å²) in [6.07, 6.45) is 0. The summed E-state index contributed by atoms with van der Waals surface area (Å²) in [5.41, 5.74) is 1.95. The maximum Gasteiger partial charge on any atom is 0.290 e. The Labute approximate surface area is 195 Å². The van der Waals surface area contributed by atoms with Gasteiger partial charge in [-0.3, -0.25) is 13.9 Å². The number of aromatic hydroxyl groups is 1. The molecule has 3 aromatic carbocycles. The molecule has 0 amide bonds. The fourth-order valence-electron chi connectivity index (χ4n) is 3.29. The zero-order valence-corrected chi connectivity index (χ0v) is 19.0. The molecule has 166 valence electrons. The second-order valence-corrected chi connectivity index (χ2v) is 7.59. The van der Waals surface area contributed by atoms with Gasteiger partial charge in [-0.05, 0) is 74.6 Å². The molecule has 0 atom stereocenters. The molecular formula is C25H22N4O3S. The van der Waals surface area contributed by atoms with Crippen LogP contribution >= 0.6 is 12.2 Å². The van der Waals surface area contributed by atoms with E-state index >= 15 is 0 Å². The van der Waals surface area contributed by atoms with Crippen LogP contribution in [0, 0.1) is 11.7 Å². The first kappa shape index (κ1) is 22.2. The minimum atomic E-state index is -0.568. The standard InChI is InChI=1S/C25H22N4O3S/c1-3-32-21-15-13-20(14-16-21)29-24(31)22(27-26-18-11-9-17(2)10-12-18)23(30)28(25(29)33)19-7-5-4-6-8-19/h4-16,31H,3H2,1-2H3. The van der Waals surface area contributed by atoms with Crippen LogP contribution in [-0.4, -0.2) is 20.8 Å². The molecule has 0 spiro atoms. The van der Waals surface area contributed by atoms with Gasteiger partial charge >= 0.3 is 0 Å². The molecule has 0 fully saturated rings. The number of ether oxygens (including phenoxy) is 1. The van der Waals surface area contributed by atoms with Crippen LogP contribution in [0.4, 0.5) is 11.4 Å². The number of rotatable bonds is 6. The molecule has 1 aromatic heterocycles. The third-order valence-electron chi connectivity index (χ3n) is 4.93. The number of nitrogens with zero attached hydrogens (tertiary/aromatic N) is 4. The molecule has 33 heavy (non-hydrogen) atoms. The molecule has 0 unspecified atom stereocenters. The smallest absolute Gasteiger partial charge is 0.290 e. The Bertz CT molecular complexity index is 1410. The van der Waals surface area contributed by atoms with Crippen LogP contribution in [-0.2, 0) is 0 Å². The van der Waals surface area contributed by atoms with Crippen molar-refractivity contribution in [1.29, 1.82) is 0 Å². The number of benzene rings is 3. The van der Waals surface area contributed by atoms with Gasteiger partial charge in [-0.2, -0.15) is 5.11 Å². The number of aromatic nitrogens is 2. The lowest BCUT2D eigenvalue weighted by Gasteiger charge is -2.16. The van der Waals surface area contributed by atoms with Gasteiger partial charge in [0.2, 0.25) is 11.6 Å². The van der Waals surface area contributed by atoms with Gasteiger partial charge in [-0.1, -0.05) is 35.9 Å². The van der Waals surface area contributed by atoms with E-state index in [0.717, 1.165) is 5.56 Å². The summed E-state index contributed by atoms with van der Waals surface area (Å²) >= 11 is 5.63. The van der Waals surface area contributed by atoms with Crippen LogP contribution in [0.1, 0.15) is 12.5 Å². The first-order valence-corrected chi connectivity index (χ1v) is 10.8. The van der Waals surface area contributed by atoms with Crippen molar-refractivity contribution in [2.75, 3.05) is 6.61 Å². The van der Waals surface area contributed by atoms with Crippen molar-refractivity contribution in [2.45, 2.75) is 13.8 Å². The highest BCUT2D eigenvalue weighted by Crippen LogP contribution is 2.29. The summed E-state index contributed by atoms with van der Waals surface area (Å²) < 4.78 is 8.32. The van der Waals surface area contributed by atoms with Gasteiger partial charge < -0.3 is 9.84 Å². The molecule has 0 aliphatic heterocycles. The molecule has 0 aliphatic carbocycles. The maximum atomic E-state index is 13.4. The lowest BCUT2D eigenvalue weighted by atomic mass is 10.2. The molecule has 0 saturated heterocycles. The molecule has 1 heterocycles. The average molecular weight is 459 g/mol. The number of para-hydroxylation sites is 1. The van der Waals surface area contributed by atoms with Crippen molar-refractivity contribution in [3.8, 4) is 23.0 Å². The topological polar surface area (TPSA) is 81.1 Å². The van der Waals surface area contributed by atoms with Crippen LogP contribution in [0.5, 0.6) is 11.6 Å². The van der Waals surface area contributed by atoms with Gasteiger partial charge in [-0.15, -0.1) is 5.11 Å². The summed E-state index contributed by atoms with van der Waals surface area (Å²) in [5, 5.41) is 19.3. The quantitative estimate of drug-likeness (QED) is 0.276. The normalized spacial score (nSPS) is 11.1. The van der Waals surface area contributed by atoms with Gasteiger partial charge in [-0.25, -0.2) is 0 Å². The molecule has 7 nitrogen and oxygen atoms in total. The second-order valence-electron chi connectivity index (χ2n) is 7.23. The van der Waals surface area contributed by atoms with Crippen LogP contribution in [0.15, 0.2) is 93.9 Å². The molecule has 0 saturated carbocycles. The zero-order chi connectivity index (χ0) is 23.4. The van der Waals surface area contributed by atoms with Crippen molar-refractivity contribution < 1.29 is 9.84 Å². The Kier molecular flexibility index (Phi) is 6.46. The molecule has 0 bridgehead atoms. The van der Waals surface area contributed by atoms with E-state index in [-0.39, 0.29) is 10.5 Å². The lowest BCUT2D eigenvalue weighted by molar-refractivity contribution is 0.340. The SMILES string of the molecule is CCOc1ccc(-n2c(O)c(N=Nc3ccc(C)cc3)c(=O)n(-c3ccccc3)c2=S)cc1. The van der Waals surface area contributed by atoms with Crippen molar-refractivity contribution in [3.63, 3.8) is 0 Å². The highest BCUT2D eigenvalue weighted by Gasteiger charge is 2.19. The predicted molar refractivity (Wildman–Crippen MR) is 130 cm³/mol. The molecule has 4 aromatic rings. The molecule has 1 N–H and O–H groups in total. The Morgan fingerprint density at radius 2 is 1.52 bits per heavy atom. The summed E-state index contributed by atoms with van der Waals surface area (Å²) in [5.74, 6) is 0.292. The van der Waals surface area contributed by atoms with Gasteiger partial charge in [0.1, 0.15) is 5.75 Å². The molecule has 0 aliphatic rings. The molecule has 0 radical (unpaired) electrons. The zero-order valence-electron chi connectivity index (χ0n) is 18.2. The monoisotopic (exact) mass is 458 g/mol. The third-order valence-corrected chi connectivity index (χ3v) is 5.30. The number of hydrogen-bond acceptors (Lipinski definition) is 6. The van der Waals surface area contributed by atoms with Crippen LogP contribution in [0.2, 0.25) is 0 Å². The largest absolute Gasteiger partial charge is 0.494 e. The number of aryl methyl sites for hydroxylation is 1. The van der Waals surface area contributed by atoms with Gasteiger partial charge in [0.15, 0.2) is 4.77 Å². The fraction of sp³-hybridized carbons (Fsp3) is 0.120. The highest BCUT2D eigenvalue weighted by atomic mass is 32.1. The van der Waals surface area contributed by atoms with E-state index in [0.29, 0.717) is 29.4 Å². The van der Waals surface area contributed by atoms with Gasteiger partial charge in [0, 0.05) is 0 Å². The van der Waals surface area contributed by atoms with E-state index in [1.807, 2.05) is 32.0 Å². The van der Waals surface area contributed by atoms with E-state index in [4.69, 9.17) is 17.0 Å². The maximum absolute atomic E-state index is 13.4.